The highest BCUT2D eigenvalue weighted by Crippen LogP contribution is 2.11. The summed E-state index contributed by atoms with van der Waals surface area (Å²) in [4.78, 5) is 49.5. The summed E-state index contributed by atoms with van der Waals surface area (Å²) in [6, 6.07) is 12.3. The van der Waals surface area contributed by atoms with Gasteiger partial charge in [0.05, 0.1) is 12.6 Å². The molecule has 0 radical (unpaired) electrons. The fraction of sp³-hybridized carbons (Fsp3) is 0.385. The van der Waals surface area contributed by atoms with E-state index in [4.69, 9.17) is 5.73 Å². The predicted molar refractivity (Wildman–Crippen MR) is 134 cm³/mol. The second-order valence-electron chi connectivity index (χ2n) is 8.71. The molecule has 10 heteroatoms. The fourth-order valence-electron chi connectivity index (χ4n) is 3.51. The molecule has 3 amide bonds. The molecule has 4 unspecified atom stereocenters. The zero-order chi connectivity index (χ0) is 26.7. The summed E-state index contributed by atoms with van der Waals surface area (Å²) in [5, 5.41) is 26.3. The van der Waals surface area contributed by atoms with Crippen LogP contribution in [0.1, 0.15) is 31.4 Å². The number of aromatic hydroxyl groups is 1. The molecule has 0 heterocycles. The number of carbonyl (C=O) groups excluding carboxylic acids is 3. The van der Waals surface area contributed by atoms with Crippen LogP contribution in [-0.2, 0) is 32.0 Å². The second kappa shape index (κ2) is 13.8. The van der Waals surface area contributed by atoms with Crippen molar-refractivity contribution in [1.82, 2.24) is 16.0 Å². The molecule has 194 valence electrons. The van der Waals surface area contributed by atoms with Crippen molar-refractivity contribution in [3.63, 3.8) is 0 Å². The molecule has 0 aliphatic heterocycles. The SMILES string of the molecule is CCC(C)C(NC(=O)CNC(=O)C(Cc1ccccc1)NC(=O)C(N)Cc1ccc(O)cc1)C(=O)O. The number of rotatable bonds is 13. The summed E-state index contributed by atoms with van der Waals surface area (Å²) in [5.74, 6) is -3.15. The lowest BCUT2D eigenvalue weighted by atomic mass is 9.99. The van der Waals surface area contributed by atoms with Crippen LogP contribution in [0.3, 0.4) is 0 Å². The van der Waals surface area contributed by atoms with Gasteiger partial charge in [-0.25, -0.2) is 4.79 Å². The van der Waals surface area contributed by atoms with Gasteiger partial charge in [0.15, 0.2) is 0 Å². The maximum absolute atomic E-state index is 12.9. The average molecular weight is 499 g/mol. The Labute approximate surface area is 210 Å². The van der Waals surface area contributed by atoms with Crippen LogP contribution in [0.2, 0.25) is 0 Å². The van der Waals surface area contributed by atoms with Crippen LogP contribution in [-0.4, -0.2) is 58.6 Å². The van der Waals surface area contributed by atoms with Gasteiger partial charge in [0.1, 0.15) is 17.8 Å². The number of hydrogen-bond acceptors (Lipinski definition) is 6. The molecule has 0 aliphatic rings. The van der Waals surface area contributed by atoms with E-state index in [0.29, 0.717) is 6.42 Å². The number of phenolic OH excluding ortho intramolecular Hbond substituents is 1. The number of carbonyl (C=O) groups is 4. The minimum atomic E-state index is -1.15. The van der Waals surface area contributed by atoms with Gasteiger partial charge in [-0.2, -0.15) is 0 Å². The molecule has 2 rings (SSSR count). The molecule has 10 nitrogen and oxygen atoms in total. The van der Waals surface area contributed by atoms with Crippen molar-refractivity contribution in [3.05, 3.63) is 65.7 Å². The van der Waals surface area contributed by atoms with Crippen LogP contribution >= 0.6 is 0 Å². The van der Waals surface area contributed by atoms with Gasteiger partial charge in [-0.15, -0.1) is 0 Å². The van der Waals surface area contributed by atoms with E-state index in [9.17, 15) is 29.4 Å². The van der Waals surface area contributed by atoms with Gasteiger partial charge in [-0.1, -0.05) is 62.7 Å². The van der Waals surface area contributed by atoms with E-state index in [1.807, 2.05) is 13.0 Å². The van der Waals surface area contributed by atoms with Crippen LogP contribution in [0.25, 0.3) is 0 Å². The summed E-state index contributed by atoms with van der Waals surface area (Å²) < 4.78 is 0. The van der Waals surface area contributed by atoms with Gasteiger partial charge in [0, 0.05) is 6.42 Å². The van der Waals surface area contributed by atoms with E-state index in [0.717, 1.165) is 11.1 Å². The first-order valence-corrected chi connectivity index (χ1v) is 11.8. The molecule has 0 fully saturated rings. The lowest BCUT2D eigenvalue weighted by molar-refractivity contribution is -0.143. The highest BCUT2D eigenvalue weighted by Gasteiger charge is 2.27. The topological polar surface area (TPSA) is 171 Å². The minimum Gasteiger partial charge on any atom is -0.508 e. The molecule has 0 aromatic heterocycles. The summed E-state index contributed by atoms with van der Waals surface area (Å²) >= 11 is 0. The zero-order valence-corrected chi connectivity index (χ0v) is 20.4. The van der Waals surface area contributed by atoms with Gasteiger partial charge >= 0.3 is 5.97 Å². The normalized spacial score (nSPS) is 14.1. The third-order valence-corrected chi connectivity index (χ3v) is 5.86. The van der Waals surface area contributed by atoms with Crippen molar-refractivity contribution in [2.24, 2.45) is 11.7 Å². The summed E-state index contributed by atoms with van der Waals surface area (Å²) in [7, 11) is 0. The first kappa shape index (κ1) is 28.3. The van der Waals surface area contributed by atoms with E-state index in [1.165, 1.54) is 12.1 Å². The van der Waals surface area contributed by atoms with E-state index >= 15 is 0 Å². The monoisotopic (exact) mass is 498 g/mol. The average Bonchev–Trinajstić information content (AvgIpc) is 2.86. The van der Waals surface area contributed by atoms with Gasteiger partial charge in [0.25, 0.3) is 0 Å². The molecule has 0 saturated heterocycles. The zero-order valence-electron chi connectivity index (χ0n) is 20.4. The Morgan fingerprint density at radius 1 is 0.889 bits per heavy atom. The second-order valence-corrected chi connectivity index (χ2v) is 8.71. The van der Waals surface area contributed by atoms with Crippen molar-refractivity contribution < 1.29 is 29.4 Å². The molecular weight excluding hydrogens is 464 g/mol. The Morgan fingerprint density at radius 2 is 1.50 bits per heavy atom. The lowest BCUT2D eigenvalue weighted by Crippen LogP contribution is -2.55. The molecule has 0 spiro atoms. The highest BCUT2D eigenvalue weighted by atomic mass is 16.4. The summed E-state index contributed by atoms with van der Waals surface area (Å²) in [6.07, 6.45) is 0.913. The minimum absolute atomic E-state index is 0.0965. The van der Waals surface area contributed by atoms with E-state index in [-0.39, 0.29) is 24.5 Å². The fourth-order valence-corrected chi connectivity index (χ4v) is 3.51. The Kier molecular flexibility index (Phi) is 10.9. The number of nitrogens with two attached hydrogens (primary N) is 1. The van der Waals surface area contributed by atoms with Gasteiger partial charge in [-0.3, -0.25) is 14.4 Å². The van der Waals surface area contributed by atoms with Crippen molar-refractivity contribution in [3.8, 4) is 5.75 Å². The standard InChI is InChI=1S/C26H34N4O6/c1-3-16(2)23(26(35)36)30-22(32)15-28-25(34)21(14-17-7-5-4-6-8-17)29-24(33)20(27)13-18-9-11-19(31)12-10-18/h4-12,16,20-21,23,31H,3,13-15,27H2,1-2H3,(H,28,34)(H,29,33)(H,30,32)(H,35,36). The number of benzene rings is 2. The lowest BCUT2D eigenvalue weighted by Gasteiger charge is -2.22. The van der Waals surface area contributed by atoms with Crippen molar-refractivity contribution in [1.29, 1.82) is 0 Å². The molecule has 7 N–H and O–H groups in total. The number of aliphatic carboxylic acids is 1. The van der Waals surface area contributed by atoms with Gasteiger partial charge in [0.2, 0.25) is 17.7 Å². The summed E-state index contributed by atoms with van der Waals surface area (Å²) in [5.41, 5.74) is 7.58. The Morgan fingerprint density at radius 3 is 2.08 bits per heavy atom. The maximum atomic E-state index is 12.9. The number of phenols is 1. The number of carboxylic acid groups (broad SMARTS) is 1. The Bertz CT molecular complexity index is 1030. The largest absolute Gasteiger partial charge is 0.508 e. The third kappa shape index (κ3) is 9.03. The number of hydrogen-bond donors (Lipinski definition) is 6. The van der Waals surface area contributed by atoms with Crippen molar-refractivity contribution >= 4 is 23.7 Å². The van der Waals surface area contributed by atoms with E-state index in [2.05, 4.69) is 16.0 Å². The smallest absolute Gasteiger partial charge is 0.326 e. The molecule has 4 atom stereocenters. The molecule has 0 bridgehead atoms. The van der Waals surface area contributed by atoms with Crippen molar-refractivity contribution in [2.45, 2.75) is 51.2 Å². The molecule has 0 saturated carbocycles. The maximum Gasteiger partial charge on any atom is 0.326 e. The van der Waals surface area contributed by atoms with Gasteiger partial charge in [-0.05, 0) is 35.6 Å². The Balaban J connectivity index is 2.03. The first-order chi connectivity index (χ1) is 17.1. The molecule has 2 aromatic carbocycles. The van der Waals surface area contributed by atoms with Crippen LogP contribution in [0, 0.1) is 5.92 Å². The first-order valence-electron chi connectivity index (χ1n) is 11.8. The van der Waals surface area contributed by atoms with Crippen LogP contribution in [0.4, 0.5) is 0 Å². The molecular formula is C26H34N4O6. The third-order valence-electron chi connectivity index (χ3n) is 5.86. The van der Waals surface area contributed by atoms with Crippen LogP contribution in [0.15, 0.2) is 54.6 Å². The number of amides is 3. The number of carboxylic acids is 1. The quantitative estimate of drug-likeness (QED) is 0.236. The van der Waals surface area contributed by atoms with Gasteiger partial charge < -0.3 is 31.9 Å². The predicted octanol–water partition coefficient (Wildman–Crippen LogP) is 0.721. The Hall–Kier alpha value is -3.92. The molecule has 2 aromatic rings. The van der Waals surface area contributed by atoms with Crippen LogP contribution < -0.4 is 21.7 Å². The summed E-state index contributed by atoms with van der Waals surface area (Å²) in [6.45, 7) is 3.09. The number of nitrogens with one attached hydrogen (secondary N) is 3. The highest BCUT2D eigenvalue weighted by molar-refractivity contribution is 5.92. The molecule has 0 aliphatic carbocycles. The van der Waals surface area contributed by atoms with E-state index in [1.54, 1.807) is 43.3 Å². The van der Waals surface area contributed by atoms with Crippen LogP contribution in [0.5, 0.6) is 5.75 Å². The van der Waals surface area contributed by atoms with Crippen molar-refractivity contribution in [2.75, 3.05) is 6.54 Å². The van der Waals surface area contributed by atoms with E-state index < -0.39 is 48.4 Å². The molecule has 36 heavy (non-hydrogen) atoms.